The average molecular weight is 478 g/mol. The van der Waals surface area contributed by atoms with Crippen LogP contribution in [0.25, 0.3) is 6.08 Å². The number of ether oxygens (including phenoxy) is 3. The molecule has 0 amide bonds. The van der Waals surface area contributed by atoms with Gasteiger partial charge in [0.05, 0.1) is 24.1 Å². The van der Waals surface area contributed by atoms with Gasteiger partial charge in [0.1, 0.15) is 35.1 Å². The van der Waals surface area contributed by atoms with Gasteiger partial charge in [0.2, 0.25) is 0 Å². The van der Waals surface area contributed by atoms with E-state index in [1.165, 1.54) is 43.5 Å². The molecule has 1 aromatic heterocycles. The van der Waals surface area contributed by atoms with E-state index in [9.17, 15) is 29.9 Å². The number of methoxy groups -OCH3 is 1. The third kappa shape index (κ3) is 5.03. The minimum Gasteiger partial charge on any atom is -0.507 e. The number of phenols is 2. The van der Waals surface area contributed by atoms with Crippen molar-refractivity contribution in [1.82, 2.24) is 4.98 Å². The first-order valence-electron chi connectivity index (χ1n) is 10.2. The van der Waals surface area contributed by atoms with E-state index < -0.39 is 22.7 Å². The molecule has 0 spiro atoms. The van der Waals surface area contributed by atoms with Crippen molar-refractivity contribution < 1.29 is 38.9 Å². The maximum atomic E-state index is 12.7. The van der Waals surface area contributed by atoms with E-state index in [-0.39, 0.29) is 46.5 Å². The highest BCUT2D eigenvalue weighted by molar-refractivity contribution is 6.03. The molecule has 0 bridgehead atoms. The van der Waals surface area contributed by atoms with Crippen LogP contribution in [0.1, 0.15) is 34.1 Å². The van der Waals surface area contributed by atoms with Crippen molar-refractivity contribution in [3.63, 3.8) is 0 Å². The second-order valence-electron chi connectivity index (χ2n) is 7.43. The van der Waals surface area contributed by atoms with Crippen molar-refractivity contribution in [2.24, 2.45) is 0 Å². The molecule has 2 aromatic carbocycles. The molecular formula is C24H18N2O9. The molecular weight excluding hydrogens is 460 g/mol. The molecule has 178 valence electrons. The lowest BCUT2D eigenvalue weighted by Crippen LogP contribution is -2.20. The number of phenolic OH excluding ortho intramolecular Hbond substituents is 2. The molecule has 3 aromatic rings. The first-order chi connectivity index (χ1) is 16.7. The topological polar surface area (TPSA) is 158 Å². The summed E-state index contributed by atoms with van der Waals surface area (Å²) in [6.07, 6.45) is 2.59. The van der Waals surface area contributed by atoms with Crippen molar-refractivity contribution >= 4 is 23.5 Å². The first-order valence-corrected chi connectivity index (χ1v) is 10.2. The smallest absolute Gasteiger partial charge is 0.336 e. The Bertz CT molecular complexity index is 1350. The number of pyridine rings is 1. The number of ketones is 1. The summed E-state index contributed by atoms with van der Waals surface area (Å²) in [7, 11) is 1.41. The van der Waals surface area contributed by atoms with Gasteiger partial charge in [0.25, 0.3) is 5.69 Å². The molecule has 1 atom stereocenters. The number of nitro groups is 1. The molecule has 11 nitrogen and oxygen atoms in total. The first kappa shape index (κ1) is 23.2. The highest BCUT2D eigenvalue weighted by Crippen LogP contribution is 2.43. The molecule has 11 heteroatoms. The molecule has 0 unspecified atom stereocenters. The number of aromatic nitrogens is 1. The second-order valence-corrected chi connectivity index (χ2v) is 7.43. The van der Waals surface area contributed by atoms with Crippen LogP contribution in [0.4, 0.5) is 5.69 Å². The summed E-state index contributed by atoms with van der Waals surface area (Å²) in [5.74, 6) is -1.52. The van der Waals surface area contributed by atoms with Crippen molar-refractivity contribution in [3.05, 3.63) is 81.7 Å². The highest BCUT2D eigenvalue weighted by Gasteiger charge is 2.31. The fraction of sp³-hybridized carbons (Fsp3) is 0.125. The summed E-state index contributed by atoms with van der Waals surface area (Å²) >= 11 is 0. The van der Waals surface area contributed by atoms with Gasteiger partial charge >= 0.3 is 5.97 Å². The Hall–Kier alpha value is -4.93. The molecule has 2 N–H and O–H groups in total. The van der Waals surface area contributed by atoms with E-state index in [4.69, 9.17) is 14.2 Å². The summed E-state index contributed by atoms with van der Waals surface area (Å²) in [6, 6.07) is 9.63. The lowest BCUT2D eigenvalue weighted by molar-refractivity contribution is -0.385. The maximum Gasteiger partial charge on any atom is 0.336 e. The number of carbonyl (C=O) groups excluding carboxylic acids is 2. The van der Waals surface area contributed by atoms with E-state index in [1.807, 2.05) is 0 Å². The van der Waals surface area contributed by atoms with Gasteiger partial charge in [-0.2, -0.15) is 0 Å². The van der Waals surface area contributed by atoms with Gasteiger partial charge in [0.15, 0.2) is 17.3 Å². The van der Waals surface area contributed by atoms with Crippen LogP contribution in [0, 0.1) is 10.1 Å². The van der Waals surface area contributed by atoms with Crippen LogP contribution in [0.5, 0.6) is 28.7 Å². The van der Waals surface area contributed by atoms with Crippen LogP contribution in [0.15, 0.2) is 54.7 Å². The number of Topliss-reactive ketones (excluding diaryl/α,β-unsaturated/α-hetero) is 1. The van der Waals surface area contributed by atoms with E-state index in [1.54, 1.807) is 6.07 Å². The molecule has 2 heterocycles. The Labute approximate surface area is 198 Å². The van der Waals surface area contributed by atoms with Gasteiger partial charge in [-0.3, -0.25) is 14.9 Å². The minimum atomic E-state index is -0.816. The van der Waals surface area contributed by atoms with Crippen LogP contribution >= 0.6 is 0 Å². The maximum absolute atomic E-state index is 12.7. The van der Waals surface area contributed by atoms with Crippen LogP contribution in [-0.2, 0) is 4.79 Å². The molecule has 0 saturated heterocycles. The van der Waals surface area contributed by atoms with E-state index >= 15 is 0 Å². The Balaban J connectivity index is 1.51. The summed E-state index contributed by atoms with van der Waals surface area (Å²) in [5.41, 5.74) is 0.583. The zero-order chi connectivity index (χ0) is 25.1. The monoisotopic (exact) mass is 478 g/mol. The molecule has 0 radical (unpaired) electrons. The highest BCUT2D eigenvalue weighted by atomic mass is 16.6. The number of hydrogen-bond acceptors (Lipinski definition) is 10. The minimum absolute atomic E-state index is 0.0189. The van der Waals surface area contributed by atoms with Crippen LogP contribution in [0.2, 0.25) is 0 Å². The van der Waals surface area contributed by atoms with Crippen molar-refractivity contribution in [2.45, 2.75) is 12.5 Å². The number of benzene rings is 2. The lowest BCUT2D eigenvalue weighted by Gasteiger charge is -2.26. The number of rotatable bonds is 6. The quantitative estimate of drug-likeness (QED) is 0.176. The normalized spacial score (nSPS) is 14.8. The SMILES string of the molecule is COc1ccc([C@@H]2CC(=O)c3c(O)cc(OC(=O)/C=C/c4ccc([N+](=O)[O-])cn4)cc3O2)cc1O. The van der Waals surface area contributed by atoms with Crippen molar-refractivity contribution in [3.8, 4) is 28.7 Å². The fourth-order valence-electron chi connectivity index (χ4n) is 3.47. The number of esters is 1. The predicted molar refractivity (Wildman–Crippen MR) is 121 cm³/mol. The molecule has 1 aliphatic heterocycles. The van der Waals surface area contributed by atoms with Gasteiger partial charge < -0.3 is 24.4 Å². The molecule has 4 rings (SSSR count). The van der Waals surface area contributed by atoms with Crippen LogP contribution in [0.3, 0.4) is 0 Å². The predicted octanol–water partition coefficient (Wildman–Crippen LogP) is 3.73. The van der Waals surface area contributed by atoms with Crippen molar-refractivity contribution in [2.75, 3.05) is 7.11 Å². The second kappa shape index (κ2) is 9.51. The Morgan fingerprint density at radius 1 is 1.20 bits per heavy atom. The zero-order valence-corrected chi connectivity index (χ0v) is 18.2. The number of fused-ring (bicyclic) bond motifs is 1. The Morgan fingerprint density at radius 2 is 2.00 bits per heavy atom. The Kier molecular flexibility index (Phi) is 6.32. The average Bonchev–Trinajstić information content (AvgIpc) is 2.82. The van der Waals surface area contributed by atoms with Gasteiger partial charge in [-0.25, -0.2) is 9.78 Å². The third-order valence-corrected chi connectivity index (χ3v) is 5.14. The standard InChI is InChI=1S/C24H18N2O9/c1-33-20-6-2-13(8-17(20)27)21-11-19(29)24-18(28)9-16(10-22(24)35-21)34-23(30)7-4-14-3-5-15(12-25-14)26(31)32/h2-10,12,21,27-28H,11H2,1H3/b7-4+/t21-/m0/s1. The van der Waals surface area contributed by atoms with Gasteiger partial charge in [-0.15, -0.1) is 0 Å². The van der Waals surface area contributed by atoms with Crippen molar-refractivity contribution in [1.29, 1.82) is 0 Å². The summed E-state index contributed by atoms with van der Waals surface area (Å²) < 4.78 is 16.1. The number of hydrogen-bond donors (Lipinski definition) is 2. The van der Waals surface area contributed by atoms with E-state index in [0.29, 0.717) is 11.3 Å². The van der Waals surface area contributed by atoms with Gasteiger partial charge in [-0.1, -0.05) is 6.07 Å². The summed E-state index contributed by atoms with van der Waals surface area (Å²) in [4.78, 5) is 38.8. The molecule has 0 fully saturated rings. The molecule has 1 aliphatic rings. The number of aromatic hydroxyl groups is 2. The summed E-state index contributed by atoms with van der Waals surface area (Å²) in [5, 5.41) is 31.1. The molecule has 0 saturated carbocycles. The van der Waals surface area contributed by atoms with Gasteiger partial charge in [0, 0.05) is 24.3 Å². The lowest BCUT2D eigenvalue weighted by atomic mass is 9.95. The van der Waals surface area contributed by atoms with Crippen LogP contribution in [-0.4, -0.2) is 39.0 Å². The number of nitrogens with zero attached hydrogens (tertiary/aromatic N) is 2. The van der Waals surface area contributed by atoms with E-state index in [0.717, 1.165) is 18.3 Å². The van der Waals surface area contributed by atoms with Crippen LogP contribution < -0.4 is 14.2 Å². The number of carbonyl (C=O) groups is 2. The zero-order valence-electron chi connectivity index (χ0n) is 18.2. The van der Waals surface area contributed by atoms with E-state index in [2.05, 4.69) is 4.98 Å². The Morgan fingerprint density at radius 3 is 2.66 bits per heavy atom. The summed E-state index contributed by atoms with van der Waals surface area (Å²) in [6.45, 7) is 0. The van der Waals surface area contributed by atoms with Gasteiger partial charge in [-0.05, 0) is 29.8 Å². The third-order valence-electron chi connectivity index (χ3n) is 5.14. The fourth-order valence-corrected chi connectivity index (χ4v) is 3.47. The molecule has 35 heavy (non-hydrogen) atoms. The molecule has 0 aliphatic carbocycles. The largest absolute Gasteiger partial charge is 0.507 e.